The van der Waals surface area contributed by atoms with Gasteiger partial charge in [-0.25, -0.2) is 13.4 Å². The van der Waals surface area contributed by atoms with Gasteiger partial charge in [-0.15, -0.1) is 0 Å². The van der Waals surface area contributed by atoms with Crippen molar-refractivity contribution in [3.8, 4) is 0 Å². The lowest BCUT2D eigenvalue weighted by Gasteiger charge is -2.11. The third kappa shape index (κ3) is 3.02. The van der Waals surface area contributed by atoms with Gasteiger partial charge < -0.3 is 13.9 Å². The predicted octanol–water partition coefficient (Wildman–Crippen LogP) is 1.72. The highest BCUT2D eigenvalue weighted by atomic mass is 32.2. The van der Waals surface area contributed by atoms with E-state index in [0.29, 0.717) is 11.5 Å². The van der Waals surface area contributed by atoms with Crippen LogP contribution >= 0.6 is 0 Å². The summed E-state index contributed by atoms with van der Waals surface area (Å²) in [5, 5.41) is 9.35. The fraction of sp³-hybridized carbons (Fsp3) is 0.462. The molecule has 2 aromatic rings. The van der Waals surface area contributed by atoms with Crippen LogP contribution in [-0.4, -0.2) is 18.5 Å². The normalized spacial score (nSPS) is 13.6. The summed E-state index contributed by atoms with van der Waals surface area (Å²) >= 11 is 0. The molecule has 1 atom stereocenters. The first kappa shape index (κ1) is 15.7. The van der Waals surface area contributed by atoms with Crippen molar-refractivity contribution < 1.29 is 22.4 Å². The van der Waals surface area contributed by atoms with Gasteiger partial charge in [-0.3, -0.25) is 0 Å². The molecule has 0 fully saturated rings. The van der Waals surface area contributed by atoms with E-state index < -0.39 is 22.7 Å². The Labute approximate surface area is 123 Å². The smallest absolute Gasteiger partial charge is 0.245 e. The van der Waals surface area contributed by atoms with Crippen molar-refractivity contribution in [2.75, 3.05) is 0 Å². The summed E-state index contributed by atoms with van der Waals surface area (Å²) in [5.74, 6) is 1.50. The molecule has 7 nitrogen and oxygen atoms in total. The van der Waals surface area contributed by atoms with Gasteiger partial charge in [0.05, 0.1) is 18.8 Å². The van der Waals surface area contributed by atoms with Crippen molar-refractivity contribution in [1.82, 2.24) is 9.71 Å². The lowest BCUT2D eigenvalue weighted by atomic mass is 10.2. The molecule has 2 heterocycles. The van der Waals surface area contributed by atoms with E-state index in [1.54, 1.807) is 27.7 Å². The first-order chi connectivity index (χ1) is 9.76. The van der Waals surface area contributed by atoms with Crippen LogP contribution in [0.15, 0.2) is 19.9 Å². The molecule has 116 valence electrons. The van der Waals surface area contributed by atoms with Crippen LogP contribution in [0.2, 0.25) is 0 Å². The number of aliphatic hydroxyl groups is 1. The van der Waals surface area contributed by atoms with E-state index in [0.717, 1.165) is 0 Å². The zero-order valence-electron chi connectivity index (χ0n) is 12.3. The maximum absolute atomic E-state index is 12.5. The van der Waals surface area contributed by atoms with Crippen LogP contribution in [0.4, 0.5) is 0 Å². The van der Waals surface area contributed by atoms with E-state index in [1.807, 2.05) is 0 Å². The summed E-state index contributed by atoms with van der Waals surface area (Å²) in [6, 6.07) is -0.634. The number of hydrogen-bond donors (Lipinski definition) is 2. The number of aromatic nitrogens is 1. The Kier molecular flexibility index (Phi) is 4.22. The zero-order chi connectivity index (χ0) is 15.8. The number of sulfonamides is 1. The van der Waals surface area contributed by atoms with Gasteiger partial charge in [-0.2, -0.15) is 4.72 Å². The highest BCUT2D eigenvalue weighted by Gasteiger charge is 2.29. The summed E-state index contributed by atoms with van der Waals surface area (Å²) in [6.07, 6.45) is 1.52. The van der Waals surface area contributed by atoms with Crippen LogP contribution in [0.3, 0.4) is 0 Å². The van der Waals surface area contributed by atoms with E-state index in [9.17, 15) is 13.5 Å². The van der Waals surface area contributed by atoms with Gasteiger partial charge >= 0.3 is 0 Å². The molecule has 2 rings (SSSR count). The van der Waals surface area contributed by atoms with Crippen molar-refractivity contribution in [3.63, 3.8) is 0 Å². The average molecular weight is 314 g/mol. The third-order valence-corrected chi connectivity index (χ3v) is 4.83. The molecule has 21 heavy (non-hydrogen) atoms. The highest BCUT2D eigenvalue weighted by molar-refractivity contribution is 7.89. The minimum absolute atomic E-state index is 0.0300. The van der Waals surface area contributed by atoms with E-state index in [4.69, 9.17) is 8.83 Å². The second-order valence-corrected chi connectivity index (χ2v) is 6.48. The second kappa shape index (κ2) is 5.63. The third-order valence-electron chi connectivity index (χ3n) is 3.09. The van der Waals surface area contributed by atoms with Gasteiger partial charge in [0.2, 0.25) is 15.9 Å². The largest absolute Gasteiger partial charge is 0.465 e. The Morgan fingerprint density at radius 2 is 1.95 bits per heavy atom. The highest BCUT2D eigenvalue weighted by Crippen LogP contribution is 2.27. The van der Waals surface area contributed by atoms with Gasteiger partial charge in [0, 0.05) is 5.56 Å². The van der Waals surface area contributed by atoms with Gasteiger partial charge in [0.25, 0.3) is 0 Å². The minimum atomic E-state index is -3.85. The number of rotatable bonds is 5. The molecule has 8 heteroatoms. The van der Waals surface area contributed by atoms with Crippen LogP contribution in [0.5, 0.6) is 0 Å². The molecule has 0 saturated heterocycles. The molecule has 1 unspecified atom stereocenters. The number of hydrogen-bond acceptors (Lipinski definition) is 6. The van der Waals surface area contributed by atoms with Gasteiger partial charge in [0.15, 0.2) is 0 Å². The van der Waals surface area contributed by atoms with E-state index in [-0.39, 0.29) is 22.1 Å². The molecule has 2 N–H and O–H groups in total. The van der Waals surface area contributed by atoms with Gasteiger partial charge in [-0.05, 0) is 27.7 Å². The lowest BCUT2D eigenvalue weighted by molar-refractivity contribution is 0.276. The molecule has 0 radical (unpaired) electrons. The molecular weight excluding hydrogens is 296 g/mol. The molecule has 0 aliphatic heterocycles. The predicted molar refractivity (Wildman–Crippen MR) is 74.1 cm³/mol. The number of furan rings is 1. The summed E-state index contributed by atoms with van der Waals surface area (Å²) < 4.78 is 38.0. The fourth-order valence-corrected chi connectivity index (χ4v) is 3.80. The molecule has 0 spiro atoms. The first-order valence-electron chi connectivity index (χ1n) is 6.40. The lowest BCUT2D eigenvalue weighted by Crippen LogP contribution is -2.28. The summed E-state index contributed by atoms with van der Waals surface area (Å²) in [6.45, 7) is 6.10. The van der Waals surface area contributed by atoms with Crippen molar-refractivity contribution in [2.24, 2.45) is 0 Å². The van der Waals surface area contributed by atoms with Gasteiger partial charge in [0.1, 0.15) is 22.2 Å². The molecule has 0 amide bonds. The van der Waals surface area contributed by atoms with Crippen LogP contribution in [-0.2, 0) is 16.6 Å². The van der Waals surface area contributed by atoms with Crippen molar-refractivity contribution in [2.45, 2.75) is 45.2 Å². The number of nitrogens with one attached hydrogen (secondary N) is 1. The standard InChI is InChI=1S/C13H18N2O5S/c1-7-5-14-13(19-7)8(2)15-21(17,18)12-10(4)20-9(3)11(12)6-16/h5,8,15-16H,6H2,1-4H3. The van der Waals surface area contributed by atoms with Crippen LogP contribution < -0.4 is 4.72 Å². The summed E-state index contributed by atoms with van der Waals surface area (Å²) in [7, 11) is -3.85. The van der Waals surface area contributed by atoms with Crippen molar-refractivity contribution in [1.29, 1.82) is 0 Å². The molecule has 2 aromatic heterocycles. The van der Waals surface area contributed by atoms with E-state index >= 15 is 0 Å². The van der Waals surface area contributed by atoms with Crippen LogP contribution in [0, 0.1) is 20.8 Å². The van der Waals surface area contributed by atoms with E-state index in [1.165, 1.54) is 6.20 Å². The minimum Gasteiger partial charge on any atom is -0.465 e. The fourth-order valence-electron chi connectivity index (χ4n) is 2.16. The summed E-state index contributed by atoms with van der Waals surface area (Å²) in [4.78, 5) is 3.97. The average Bonchev–Trinajstić information content (AvgIpc) is 2.92. The maximum Gasteiger partial charge on any atom is 0.245 e. The Balaban J connectivity index is 2.35. The van der Waals surface area contributed by atoms with Gasteiger partial charge in [-0.1, -0.05) is 0 Å². The number of nitrogens with zero attached hydrogens (tertiary/aromatic N) is 1. The molecular formula is C13H18N2O5S. The zero-order valence-corrected chi connectivity index (χ0v) is 13.1. The Hall–Kier alpha value is -1.64. The van der Waals surface area contributed by atoms with E-state index in [2.05, 4.69) is 9.71 Å². The molecule has 0 aromatic carbocycles. The summed E-state index contributed by atoms with van der Waals surface area (Å²) in [5.41, 5.74) is 0.260. The van der Waals surface area contributed by atoms with Crippen LogP contribution in [0.25, 0.3) is 0 Å². The number of oxazole rings is 1. The molecule has 0 aliphatic carbocycles. The number of aryl methyl sites for hydroxylation is 3. The molecule has 0 saturated carbocycles. The quantitative estimate of drug-likeness (QED) is 0.870. The Morgan fingerprint density at radius 1 is 1.29 bits per heavy atom. The van der Waals surface area contributed by atoms with Crippen molar-refractivity contribution >= 4 is 10.0 Å². The molecule has 0 bridgehead atoms. The Bertz CT molecular complexity index is 745. The second-order valence-electron chi connectivity index (χ2n) is 4.83. The Morgan fingerprint density at radius 3 is 2.48 bits per heavy atom. The van der Waals surface area contributed by atoms with Crippen LogP contribution in [0.1, 0.15) is 41.7 Å². The topological polar surface area (TPSA) is 106 Å². The molecule has 0 aliphatic rings. The maximum atomic E-state index is 12.5. The SMILES string of the molecule is Cc1cnc(C(C)NS(=O)(=O)c2c(C)oc(C)c2CO)o1. The first-order valence-corrected chi connectivity index (χ1v) is 7.89. The monoisotopic (exact) mass is 314 g/mol. The van der Waals surface area contributed by atoms with Crippen molar-refractivity contribution in [3.05, 3.63) is 34.9 Å². The number of aliphatic hydroxyl groups excluding tert-OH is 1.